The number of methoxy groups -OCH3 is 2. The summed E-state index contributed by atoms with van der Waals surface area (Å²) in [6, 6.07) is 8.30. The van der Waals surface area contributed by atoms with Crippen LogP contribution in [0.2, 0.25) is 0 Å². The molecule has 1 aromatic heterocycles. The molecular formula is C25H30N4O7S2. The zero-order valence-corrected chi connectivity index (χ0v) is 23.4. The topological polar surface area (TPSA) is 130 Å². The molecule has 0 bridgehead atoms. The van der Waals surface area contributed by atoms with E-state index in [0.717, 1.165) is 11.3 Å². The molecule has 38 heavy (non-hydrogen) atoms. The first-order valence-corrected chi connectivity index (χ1v) is 13.6. The molecule has 0 aliphatic heterocycles. The largest absolute Gasteiger partial charge is 0.493 e. The van der Waals surface area contributed by atoms with Gasteiger partial charge in [0.25, 0.3) is 5.91 Å². The van der Waals surface area contributed by atoms with Crippen molar-refractivity contribution in [3.8, 4) is 28.7 Å². The number of rotatable bonds is 14. The van der Waals surface area contributed by atoms with Crippen LogP contribution < -0.4 is 34.3 Å². The third kappa shape index (κ3) is 7.65. The highest BCUT2D eigenvalue weighted by atomic mass is 32.2. The SMILES string of the molecule is CCOc1cc(C(=O)Nc2nnc(SCC(=O)Nc3ccc(OC)c(OC)c3)s2)cc(OCC)c1OCC. The molecule has 0 radical (unpaired) electrons. The Morgan fingerprint density at radius 1 is 0.842 bits per heavy atom. The average Bonchev–Trinajstić information content (AvgIpc) is 3.36. The summed E-state index contributed by atoms with van der Waals surface area (Å²) in [5.41, 5.74) is 0.894. The molecule has 0 saturated carbocycles. The van der Waals surface area contributed by atoms with E-state index in [1.807, 2.05) is 20.8 Å². The number of aromatic nitrogens is 2. The lowest BCUT2D eigenvalue weighted by Crippen LogP contribution is -2.14. The lowest BCUT2D eigenvalue weighted by Gasteiger charge is -2.16. The fraction of sp³-hybridized carbons (Fsp3) is 0.360. The summed E-state index contributed by atoms with van der Waals surface area (Å²) in [5.74, 6) is 1.82. The minimum absolute atomic E-state index is 0.102. The van der Waals surface area contributed by atoms with Crippen molar-refractivity contribution >= 4 is 45.7 Å². The fourth-order valence-electron chi connectivity index (χ4n) is 3.25. The van der Waals surface area contributed by atoms with Crippen LogP contribution in [0.3, 0.4) is 0 Å². The van der Waals surface area contributed by atoms with Crippen LogP contribution in [0.1, 0.15) is 31.1 Å². The van der Waals surface area contributed by atoms with E-state index in [2.05, 4.69) is 20.8 Å². The van der Waals surface area contributed by atoms with E-state index in [0.29, 0.717) is 69.3 Å². The second-order valence-corrected chi connectivity index (χ2v) is 9.53. The van der Waals surface area contributed by atoms with Gasteiger partial charge in [0.2, 0.25) is 16.8 Å². The number of anilines is 2. The van der Waals surface area contributed by atoms with Crippen molar-refractivity contribution in [1.82, 2.24) is 10.2 Å². The third-order valence-corrected chi connectivity index (χ3v) is 6.76. The van der Waals surface area contributed by atoms with E-state index in [-0.39, 0.29) is 11.7 Å². The Morgan fingerprint density at radius 3 is 2.11 bits per heavy atom. The van der Waals surface area contributed by atoms with Crippen molar-refractivity contribution < 1.29 is 33.3 Å². The van der Waals surface area contributed by atoms with Gasteiger partial charge in [0.1, 0.15) is 0 Å². The first-order chi connectivity index (χ1) is 18.4. The average molecular weight is 563 g/mol. The van der Waals surface area contributed by atoms with E-state index < -0.39 is 5.91 Å². The predicted molar refractivity (Wildman–Crippen MR) is 147 cm³/mol. The zero-order chi connectivity index (χ0) is 27.5. The zero-order valence-electron chi connectivity index (χ0n) is 21.8. The number of ether oxygens (including phenoxy) is 5. The normalized spacial score (nSPS) is 10.4. The summed E-state index contributed by atoms with van der Waals surface area (Å²) in [7, 11) is 3.07. The number of benzene rings is 2. The van der Waals surface area contributed by atoms with Crippen LogP contribution in [0.5, 0.6) is 28.7 Å². The lowest BCUT2D eigenvalue weighted by atomic mass is 10.1. The number of carbonyl (C=O) groups excluding carboxylic acids is 2. The molecule has 1 heterocycles. The van der Waals surface area contributed by atoms with Gasteiger partial charge in [-0.05, 0) is 45.0 Å². The molecule has 2 amide bonds. The van der Waals surface area contributed by atoms with E-state index in [9.17, 15) is 9.59 Å². The van der Waals surface area contributed by atoms with Gasteiger partial charge in [0.15, 0.2) is 27.3 Å². The van der Waals surface area contributed by atoms with Crippen molar-refractivity contribution in [1.29, 1.82) is 0 Å². The predicted octanol–water partition coefficient (Wildman–Crippen LogP) is 4.73. The Balaban J connectivity index is 1.62. The van der Waals surface area contributed by atoms with E-state index in [1.165, 1.54) is 18.9 Å². The molecule has 3 aromatic rings. The number of amides is 2. The molecule has 0 saturated heterocycles. The van der Waals surface area contributed by atoms with Gasteiger partial charge in [-0.2, -0.15) is 0 Å². The molecule has 204 valence electrons. The Morgan fingerprint density at radius 2 is 1.50 bits per heavy atom. The number of nitrogens with zero attached hydrogens (tertiary/aromatic N) is 2. The Bertz CT molecular complexity index is 1230. The molecule has 0 unspecified atom stereocenters. The first-order valence-electron chi connectivity index (χ1n) is 11.8. The molecule has 11 nitrogen and oxygen atoms in total. The maximum absolute atomic E-state index is 13.0. The van der Waals surface area contributed by atoms with Crippen molar-refractivity contribution in [2.75, 3.05) is 50.4 Å². The molecule has 2 aromatic carbocycles. The maximum atomic E-state index is 13.0. The van der Waals surface area contributed by atoms with E-state index in [4.69, 9.17) is 23.7 Å². The summed E-state index contributed by atoms with van der Waals surface area (Å²) in [5, 5.41) is 13.9. The quantitative estimate of drug-likeness (QED) is 0.210. The number of nitrogens with one attached hydrogen (secondary N) is 2. The summed E-state index contributed by atoms with van der Waals surface area (Å²) < 4.78 is 28.0. The van der Waals surface area contributed by atoms with Crippen LogP contribution >= 0.6 is 23.1 Å². The minimum atomic E-state index is -0.408. The molecule has 0 atom stereocenters. The molecule has 0 fully saturated rings. The van der Waals surface area contributed by atoms with Gasteiger partial charge >= 0.3 is 0 Å². The van der Waals surface area contributed by atoms with E-state index >= 15 is 0 Å². The Hall–Kier alpha value is -3.71. The fourth-order valence-corrected chi connectivity index (χ4v) is 4.79. The minimum Gasteiger partial charge on any atom is -0.493 e. The summed E-state index contributed by atoms with van der Waals surface area (Å²) in [6.07, 6.45) is 0. The van der Waals surface area contributed by atoms with Gasteiger partial charge in [0.05, 0.1) is 39.8 Å². The highest BCUT2D eigenvalue weighted by Crippen LogP contribution is 2.39. The number of carbonyl (C=O) groups is 2. The molecule has 0 spiro atoms. The summed E-state index contributed by atoms with van der Waals surface area (Å²) in [6.45, 7) is 6.76. The van der Waals surface area contributed by atoms with E-state index in [1.54, 1.807) is 37.4 Å². The van der Waals surface area contributed by atoms with Crippen molar-refractivity contribution in [3.05, 3.63) is 35.9 Å². The summed E-state index contributed by atoms with van der Waals surface area (Å²) in [4.78, 5) is 25.4. The van der Waals surface area contributed by atoms with Gasteiger partial charge in [-0.25, -0.2) is 0 Å². The first kappa shape index (κ1) is 28.9. The highest BCUT2D eigenvalue weighted by molar-refractivity contribution is 8.01. The molecule has 3 rings (SSSR count). The molecular weight excluding hydrogens is 532 g/mol. The molecule has 0 aliphatic carbocycles. The number of hydrogen-bond acceptors (Lipinski definition) is 11. The highest BCUT2D eigenvalue weighted by Gasteiger charge is 2.20. The van der Waals surface area contributed by atoms with Gasteiger partial charge in [-0.3, -0.25) is 14.9 Å². The van der Waals surface area contributed by atoms with Gasteiger partial charge < -0.3 is 29.0 Å². The third-order valence-electron chi connectivity index (χ3n) is 4.79. The Kier molecular flexibility index (Phi) is 10.8. The summed E-state index contributed by atoms with van der Waals surface area (Å²) >= 11 is 2.36. The standard InChI is InChI=1S/C25H30N4O7S2/c1-6-34-19-11-15(12-20(35-7-2)22(19)36-8-3)23(31)27-24-28-29-25(38-24)37-14-21(30)26-16-9-10-17(32-4)18(13-16)33-5/h9-13H,6-8,14H2,1-5H3,(H,26,30)(H,27,28,31). The molecule has 13 heteroatoms. The van der Waals surface area contributed by atoms with Crippen LogP contribution in [0.25, 0.3) is 0 Å². The van der Waals surface area contributed by atoms with Crippen LogP contribution in [-0.4, -0.2) is 61.8 Å². The van der Waals surface area contributed by atoms with Crippen LogP contribution in [0.4, 0.5) is 10.8 Å². The monoisotopic (exact) mass is 562 g/mol. The maximum Gasteiger partial charge on any atom is 0.257 e. The molecule has 2 N–H and O–H groups in total. The van der Waals surface area contributed by atoms with Crippen LogP contribution in [0.15, 0.2) is 34.7 Å². The van der Waals surface area contributed by atoms with Crippen molar-refractivity contribution in [2.45, 2.75) is 25.1 Å². The van der Waals surface area contributed by atoms with Crippen LogP contribution in [-0.2, 0) is 4.79 Å². The molecule has 0 aliphatic rings. The lowest BCUT2D eigenvalue weighted by molar-refractivity contribution is -0.113. The van der Waals surface area contributed by atoms with Crippen molar-refractivity contribution in [3.63, 3.8) is 0 Å². The van der Waals surface area contributed by atoms with Gasteiger partial charge in [-0.1, -0.05) is 23.1 Å². The second-order valence-electron chi connectivity index (χ2n) is 7.33. The van der Waals surface area contributed by atoms with Gasteiger partial charge in [-0.15, -0.1) is 10.2 Å². The van der Waals surface area contributed by atoms with Gasteiger partial charge in [0, 0.05) is 17.3 Å². The Labute approximate surface area is 229 Å². The number of thioether (sulfide) groups is 1. The second kappa shape index (κ2) is 14.3. The number of hydrogen-bond donors (Lipinski definition) is 2. The smallest absolute Gasteiger partial charge is 0.257 e. The van der Waals surface area contributed by atoms with Crippen LogP contribution in [0, 0.1) is 0 Å². The van der Waals surface area contributed by atoms with Crippen molar-refractivity contribution in [2.24, 2.45) is 0 Å².